The number of nitrogens with one attached hydrogen (secondary N) is 1. The van der Waals surface area contributed by atoms with Crippen molar-refractivity contribution in [3.05, 3.63) is 77.9 Å². The highest BCUT2D eigenvalue weighted by Crippen LogP contribution is 2.34. The zero-order valence-corrected chi connectivity index (χ0v) is 25.4. The van der Waals surface area contributed by atoms with Crippen molar-refractivity contribution in [3.8, 4) is 5.75 Å². The van der Waals surface area contributed by atoms with Gasteiger partial charge in [0.25, 0.3) is 0 Å². The first-order valence-electron chi connectivity index (χ1n) is 15.0. The normalized spacial score (nSPS) is 17.9. The Hall–Kier alpha value is -3.95. The van der Waals surface area contributed by atoms with E-state index in [0.717, 1.165) is 59.3 Å². The Kier molecular flexibility index (Phi) is 9.71. The van der Waals surface area contributed by atoms with Crippen LogP contribution in [0, 0.1) is 0 Å². The Morgan fingerprint density at radius 3 is 2.50 bits per heavy atom. The molecule has 0 amide bonds. The fraction of sp³-hybridized carbons (Fsp3) is 0.424. The minimum absolute atomic E-state index is 0.328. The molecule has 2 fully saturated rings. The van der Waals surface area contributed by atoms with Gasteiger partial charge in [0.1, 0.15) is 11.4 Å². The third-order valence-electron chi connectivity index (χ3n) is 8.37. The molecule has 42 heavy (non-hydrogen) atoms. The van der Waals surface area contributed by atoms with Crippen molar-refractivity contribution in [1.82, 2.24) is 19.8 Å². The van der Waals surface area contributed by atoms with E-state index in [2.05, 4.69) is 55.2 Å². The number of rotatable bonds is 9. The first kappa shape index (κ1) is 29.5. The molecule has 2 saturated heterocycles. The van der Waals surface area contributed by atoms with E-state index in [0.29, 0.717) is 17.6 Å². The van der Waals surface area contributed by atoms with Crippen LogP contribution in [0.15, 0.2) is 65.9 Å². The van der Waals surface area contributed by atoms with Gasteiger partial charge < -0.3 is 25.6 Å². The van der Waals surface area contributed by atoms with E-state index in [9.17, 15) is 0 Å². The average molecular weight is 569 g/mol. The van der Waals surface area contributed by atoms with Crippen molar-refractivity contribution in [2.24, 2.45) is 10.7 Å². The molecule has 2 aliphatic rings. The second-order valence-electron chi connectivity index (χ2n) is 11.2. The first-order chi connectivity index (χ1) is 20.4. The fourth-order valence-electron chi connectivity index (χ4n) is 5.71. The molecule has 0 atom stereocenters. The summed E-state index contributed by atoms with van der Waals surface area (Å²) in [4.78, 5) is 21.4. The van der Waals surface area contributed by atoms with Crippen LogP contribution >= 0.6 is 0 Å². The number of piperidine rings is 1. The van der Waals surface area contributed by atoms with Crippen molar-refractivity contribution in [2.75, 3.05) is 63.6 Å². The molecule has 3 N–H and O–H groups in total. The maximum atomic E-state index is 6.34. The number of nitrogens with two attached hydrogens (primary N) is 1. The van der Waals surface area contributed by atoms with Gasteiger partial charge in [0.2, 0.25) is 0 Å². The lowest BCUT2D eigenvalue weighted by atomic mass is 10.0. The second kappa shape index (κ2) is 13.8. The van der Waals surface area contributed by atoms with Crippen LogP contribution in [0.25, 0.3) is 5.57 Å². The fourth-order valence-corrected chi connectivity index (χ4v) is 5.71. The minimum atomic E-state index is 0.328. The maximum Gasteiger partial charge on any atom is 0.152 e. The van der Waals surface area contributed by atoms with E-state index >= 15 is 0 Å². The van der Waals surface area contributed by atoms with Crippen molar-refractivity contribution >= 4 is 28.6 Å². The smallest absolute Gasteiger partial charge is 0.152 e. The Balaban J connectivity index is 1.24. The van der Waals surface area contributed by atoms with E-state index in [1.807, 2.05) is 44.2 Å². The van der Waals surface area contributed by atoms with Crippen LogP contribution in [0.1, 0.15) is 43.6 Å². The summed E-state index contributed by atoms with van der Waals surface area (Å²) in [5, 5.41) is 3.33. The molecule has 3 heterocycles. The molecule has 0 unspecified atom stereocenters. The van der Waals surface area contributed by atoms with Gasteiger partial charge in [0.05, 0.1) is 24.7 Å². The molecule has 9 nitrogen and oxygen atoms in total. The van der Waals surface area contributed by atoms with Gasteiger partial charge in [-0.3, -0.25) is 4.90 Å². The third-order valence-corrected chi connectivity index (χ3v) is 8.37. The molecule has 0 aliphatic carbocycles. The summed E-state index contributed by atoms with van der Waals surface area (Å²) < 4.78 is 5.85. The molecule has 0 saturated carbocycles. The summed E-state index contributed by atoms with van der Waals surface area (Å²) in [6.07, 6.45) is 6.55. The maximum absolute atomic E-state index is 6.34. The van der Waals surface area contributed by atoms with Gasteiger partial charge in [0.15, 0.2) is 11.7 Å². The highest BCUT2D eigenvalue weighted by Gasteiger charge is 2.27. The van der Waals surface area contributed by atoms with E-state index in [4.69, 9.17) is 15.5 Å². The number of para-hydroxylation sites is 1. The Bertz CT molecular complexity index is 1390. The average Bonchev–Trinajstić information content (AvgIpc) is 3.04. The summed E-state index contributed by atoms with van der Waals surface area (Å²) in [5.74, 6) is 1.94. The lowest BCUT2D eigenvalue weighted by molar-refractivity contribution is 0.0981. The third kappa shape index (κ3) is 7.09. The molecule has 0 spiro atoms. The molecule has 0 radical (unpaired) electrons. The number of allylic oxidation sites excluding steroid dienone is 1. The predicted octanol–water partition coefficient (Wildman–Crippen LogP) is 4.77. The zero-order chi connectivity index (χ0) is 29.5. The van der Waals surface area contributed by atoms with E-state index in [-0.39, 0.29) is 0 Å². The highest BCUT2D eigenvalue weighted by atomic mass is 16.5. The van der Waals surface area contributed by atoms with Crippen LogP contribution in [0.4, 0.5) is 17.2 Å². The molecular weight excluding hydrogens is 524 g/mol. The number of aromatic nitrogens is 2. The summed E-state index contributed by atoms with van der Waals surface area (Å²) in [6, 6.07) is 17.0. The van der Waals surface area contributed by atoms with Crippen molar-refractivity contribution in [1.29, 1.82) is 0 Å². The number of aliphatic imine (C=N–C) groups is 1. The molecule has 1 aromatic heterocycles. The van der Waals surface area contributed by atoms with Gasteiger partial charge in [-0.15, -0.1) is 0 Å². The number of aryl methyl sites for hydroxylation is 1. The van der Waals surface area contributed by atoms with Gasteiger partial charge in [-0.2, -0.15) is 0 Å². The molecular formula is C33H44N8O. The standard InChI is InChI=1S/C33H44N8O/c1-5-28-33(37-26-9-7-6-8-10-26)36-23-29(38-28)32(34)35-22-24(2)25-11-12-30(31(21-25)42-4)41-15-13-27(14-16-41)40-19-17-39(3)18-20-40/h6-12,21-23,27H,5,13-20H2,1-4H3,(H2,34,35)(H,36,37)/b24-22+. The highest BCUT2D eigenvalue weighted by molar-refractivity contribution is 5.96. The molecule has 2 aromatic carbocycles. The molecule has 222 valence electrons. The van der Waals surface area contributed by atoms with Crippen LogP contribution < -0.4 is 20.7 Å². The van der Waals surface area contributed by atoms with E-state index in [1.54, 1.807) is 19.5 Å². The lowest BCUT2D eigenvalue weighted by Gasteiger charge is -2.42. The molecule has 9 heteroatoms. The summed E-state index contributed by atoms with van der Waals surface area (Å²) in [6.45, 7) is 10.9. The minimum Gasteiger partial charge on any atom is -0.495 e. The van der Waals surface area contributed by atoms with Crippen molar-refractivity contribution in [2.45, 2.75) is 39.2 Å². The molecule has 2 aliphatic heterocycles. The number of hydrogen-bond acceptors (Lipinski definition) is 8. The summed E-state index contributed by atoms with van der Waals surface area (Å²) >= 11 is 0. The number of likely N-dealkylation sites (N-methyl/N-ethyl adjacent to an activating group) is 1. The van der Waals surface area contributed by atoms with Crippen molar-refractivity contribution in [3.63, 3.8) is 0 Å². The zero-order valence-electron chi connectivity index (χ0n) is 25.4. The monoisotopic (exact) mass is 568 g/mol. The van der Waals surface area contributed by atoms with Gasteiger partial charge in [0, 0.05) is 57.2 Å². The number of benzene rings is 2. The van der Waals surface area contributed by atoms with Gasteiger partial charge in [-0.25, -0.2) is 15.0 Å². The van der Waals surface area contributed by atoms with Crippen LogP contribution in [0.3, 0.4) is 0 Å². The van der Waals surface area contributed by atoms with Crippen molar-refractivity contribution < 1.29 is 4.74 Å². The molecule has 5 rings (SSSR count). The topological polar surface area (TPSA) is 95.1 Å². The molecule has 3 aromatic rings. The Labute approximate surface area is 250 Å². The SMILES string of the molecule is CCc1nc(C(N)=N/C=C(\C)c2ccc(N3CCC(N4CCN(C)CC4)CC3)c(OC)c2)cnc1Nc1ccccc1. The van der Waals surface area contributed by atoms with Crippen LogP contribution in [0.2, 0.25) is 0 Å². The Morgan fingerprint density at radius 2 is 1.81 bits per heavy atom. The van der Waals surface area contributed by atoms with Crippen LogP contribution in [0.5, 0.6) is 5.75 Å². The predicted molar refractivity (Wildman–Crippen MR) is 173 cm³/mol. The van der Waals surface area contributed by atoms with Crippen LogP contribution in [-0.4, -0.2) is 85.1 Å². The van der Waals surface area contributed by atoms with Gasteiger partial charge in [-0.05, 0) is 68.6 Å². The summed E-state index contributed by atoms with van der Waals surface area (Å²) in [5.41, 5.74) is 11.9. The van der Waals surface area contributed by atoms with Gasteiger partial charge in [-0.1, -0.05) is 31.2 Å². The number of hydrogen-bond donors (Lipinski definition) is 2. The number of amidine groups is 1. The number of ether oxygens (including phenoxy) is 1. The lowest BCUT2D eigenvalue weighted by Crippen LogP contribution is -2.52. The van der Waals surface area contributed by atoms with E-state index < -0.39 is 0 Å². The van der Waals surface area contributed by atoms with Gasteiger partial charge >= 0.3 is 0 Å². The second-order valence-corrected chi connectivity index (χ2v) is 11.2. The summed E-state index contributed by atoms with van der Waals surface area (Å²) in [7, 11) is 3.96. The molecule has 0 bridgehead atoms. The van der Waals surface area contributed by atoms with E-state index in [1.165, 1.54) is 39.0 Å². The number of methoxy groups -OCH3 is 1. The quantitative estimate of drug-likeness (QED) is 0.282. The largest absolute Gasteiger partial charge is 0.495 e. The number of anilines is 3. The number of nitrogens with zero attached hydrogens (tertiary/aromatic N) is 6. The first-order valence-corrected chi connectivity index (χ1v) is 15.0. The number of piperazine rings is 1. The van der Waals surface area contributed by atoms with Crippen LogP contribution in [-0.2, 0) is 6.42 Å². The Morgan fingerprint density at radius 1 is 1.07 bits per heavy atom.